The van der Waals surface area contributed by atoms with E-state index in [1.165, 1.54) is 24.8 Å². The van der Waals surface area contributed by atoms with Crippen molar-refractivity contribution >= 4 is 15.9 Å². The fourth-order valence-corrected chi connectivity index (χ4v) is 3.42. The molecular weight excluding hydrogens is 318 g/mol. The standard InChI is InChI=1S/C16H24BrNO2/c1-4-20-16-14(17)8-12(9-15(16)19-3)10-18-13-6-5-11(2)7-13/h8-9,11,13,18H,4-7,10H2,1-3H3. The van der Waals surface area contributed by atoms with Crippen molar-refractivity contribution in [3.05, 3.63) is 22.2 Å². The number of benzene rings is 1. The number of ether oxygens (including phenoxy) is 2. The molecule has 2 rings (SSSR count). The van der Waals surface area contributed by atoms with Crippen LogP contribution in [0.5, 0.6) is 11.5 Å². The average Bonchev–Trinajstić information content (AvgIpc) is 2.85. The van der Waals surface area contributed by atoms with Crippen LogP contribution in [0.4, 0.5) is 0 Å². The van der Waals surface area contributed by atoms with Gasteiger partial charge in [-0.1, -0.05) is 6.92 Å². The van der Waals surface area contributed by atoms with Crippen molar-refractivity contribution in [2.75, 3.05) is 13.7 Å². The van der Waals surface area contributed by atoms with Crippen LogP contribution < -0.4 is 14.8 Å². The van der Waals surface area contributed by atoms with Gasteiger partial charge in [0, 0.05) is 12.6 Å². The van der Waals surface area contributed by atoms with Gasteiger partial charge >= 0.3 is 0 Å². The maximum atomic E-state index is 5.61. The molecule has 1 aliphatic carbocycles. The second-order valence-corrected chi connectivity index (χ2v) is 6.39. The van der Waals surface area contributed by atoms with Gasteiger partial charge in [-0.05, 0) is 65.7 Å². The molecule has 1 aliphatic rings. The van der Waals surface area contributed by atoms with Crippen LogP contribution in [0.2, 0.25) is 0 Å². The minimum Gasteiger partial charge on any atom is -0.493 e. The Morgan fingerprint density at radius 3 is 2.75 bits per heavy atom. The summed E-state index contributed by atoms with van der Waals surface area (Å²) in [5.41, 5.74) is 1.22. The Hall–Kier alpha value is -0.740. The molecule has 0 heterocycles. The summed E-state index contributed by atoms with van der Waals surface area (Å²) in [7, 11) is 1.68. The summed E-state index contributed by atoms with van der Waals surface area (Å²) in [5.74, 6) is 2.43. The maximum absolute atomic E-state index is 5.61. The molecule has 2 atom stereocenters. The maximum Gasteiger partial charge on any atom is 0.175 e. The average molecular weight is 342 g/mol. The molecule has 1 N–H and O–H groups in total. The normalized spacial score (nSPS) is 22.0. The molecule has 0 amide bonds. The Kier molecular flexibility index (Phi) is 5.73. The van der Waals surface area contributed by atoms with E-state index in [2.05, 4.69) is 40.3 Å². The van der Waals surface area contributed by atoms with E-state index in [1.54, 1.807) is 7.11 Å². The monoisotopic (exact) mass is 341 g/mol. The van der Waals surface area contributed by atoms with Gasteiger partial charge in [0.25, 0.3) is 0 Å². The van der Waals surface area contributed by atoms with Gasteiger partial charge in [-0.2, -0.15) is 0 Å². The summed E-state index contributed by atoms with van der Waals surface area (Å²) in [6, 6.07) is 4.82. The molecular formula is C16H24BrNO2. The van der Waals surface area contributed by atoms with Gasteiger partial charge in [0.05, 0.1) is 18.2 Å². The van der Waals surface area contributed by atoms with E-state index in [0.29, 0.717) is 12.6 Å². The first-order chi connectivity index (χ1) is 9.63. The molecule has 0 bridgehead atoms. The minimum atomic E-state index is 0.631. The number of rotatable bonds is 6. The largest absolute Gasteiger partial charge is 0.493 e. The van der Waals surface area contributed by atoms with Crippen molar-refractivity contribution in [3.63, 3.8) is 0 Å². The predicted molar refractivity (Wildman–Crippen MR) is 85.5 cm³/mol. The molecule has 112 valence electrons. The molecule has 1 aromatic carbocycles. The van der Waals surface area contributed by atoms with Crippen LogP contribution in [0.3, 0.4) is 0 Å². The zero-order chi connectivity index (χ0) is 14.5. The molecule has 0 saturated heterocycles. The van der Waals surface area contributed by atoms with Crippen LogP contribution in [0.15, 0.2) is 16.6 Å². The van der Waals surface area contributed by atoms with Crippen molar-refractivity contribution in [3.8, 4) is 11.5 Å². The van der Waals surface area contributed by atoms with Crippen LogP contribution >= 0.6 is 15.9 Å². The second kappa shape index (κ2) is 7.32. The first-order valence-electron chi connectivity index (χ1n) is 7.36. The molecule has 1 saturated carbocycles. The molecule has 2 unspecified atom stereocenters. The van der Waals surface area contributed by atoms with Crippen LogP contribution in [0.1, 0.15) is 38.7 Å². The molecule has 0 radical (unpaired) electrons. The molecule has 20 heavy (non-hydrogen) atoms. The number of hydrogen-bond donors (Lipinski definition) is 1. The Labute approximate surface area is 130 Å². The highest BCUT2D eigenvalue weighted by molar-refractivity contribution is 9.10. The second-order valence-electron chi connectivity index (χ2n) is 5.54. The van der Waals surface area contributed by atoms with E-state index in [0.717, 1.165) is 28.4 Å². The van der Waals surface area contributed by atoms with E-state index >= 15 is 0 Å². The summed E-state index contributed by atoms with van der Waals surface area (Å²) in [5, 5.41) is 3.64. The molecule has 0 aliphatic heterocycles. The molecule has 4 heteroatoms. The third-order valence-corrected chi connectivity index (χ3v) is 4.46. The van der Waals surface area contributed by atoms with Crippen LogP contribution in [0.25, 0.3) is 0 Å². The Balaban J connectivity index is 2.03. The summed E-state index contributed by atoms with van der Waals surface area (Å²) >= 11 is 3.57. The van der Waals surface area contributed by atoms with E-state index < -0.39 is 0 Å². The van der Waals surface area contributed by atoms with Crippen LogP contribution in [-0.4, -0.2) is 19.8 Å². The number of methoxy groups -OCH3 is 1. The Morgan fingerprint density at radius 2 is 2.15 bits per heavy atom. The minimum absolute atomic E-state index is 0.631. The SMILES string of the molecule is CCOc1c(Br)cc(CNC2CCC(C)C2)cc1OC. The first kappa shape index (κ1) is 15.6. The molecule has 3 nitrogen and oxygen atoms in total. The Morgan fingerprint density at radius 1 is 1.35 bits per heavy atom. The first-order valence-corrected chi connectivity index (χ1v) is 8.16. The van der Waals surface area contributed by atoms with Gasteiger partial charge < -0.3 is 14.8 Å². The Bertz CT molecular complexity index is 450. The zero-order valence-corrected chi connectivity index (χ0v) is 14.1. The van der Waals surface area contributed by atoms with Crippen molar-refractivity contribution < 1.29 is 9.47 Å². The summed E-state index contributed by atoms with van der Waals surface area (Å²) < 4.78 is 12.0. The van der Waals surface area contributed by atoms with Crippen molar-refractivity contribution in [1.82, 2.24) is 5.32 Å². The van der Waals surface area contributed by atoms with E-state index in [1.807, 2.05) is 6.92 Å². The fourth-order valence-electron chi connectivity index (χ4n) is 2.81. The lowest BCUT2D eigenvalue weighted by molar-refractivity contribution is 0.308. The van der Waals surface area contributed by atoms with Gasteiger partial charge in [-0.15, -0.1) is 0 Å². The van der Waals surface area contributed by atoms with Crippen molar-refractivity contribution in [1.29, 1.82) is 0 Å². The summed E-state index contributed by atoms with van der Waals surface area (Å²) in [4.78, 5) is 0. The molecule has 1 fully saturated rings. The predicted octanol–water partition coefficient (Wildman–Crippen LogP) is 4.13. The van der Waals surface area contributed by atoms with Gasteiger partial charge in [-0.3, -0.25) is 0 Å². The summed E-state index contributed by atoms with van der Waals surface area (Å²) in [6.45, 7) is 5.81. The fraction of sp³-hybridized carbons (Fsp3) is 0.625. The van der Waals surface area contributed by atoms with Crippen molar-refractivity contribution in [2.24, 2.45) is 5.92 Å². The quantitative estimate of drug-likeness (QED) is 0.843. The molecule has 0 spiro atoms. The topological polar surface area (TPSA) is 30.5 Å². The molecule has 1 aromatic rings. The van der Waals surface area contributed by atoms with Crippen molar-refractivity contribution in [2.45, 2.75) is 45.7 Å². The highest BCUT2D eigenvalue weighted by atomic mass is 79.9. The zero-order valence-electron chi connectivity index (χ0n) is 12.5. The lowest BCUT2D eigenvalue weighted by Gasteiger charge is -2.16. The number of hydrogen-bond acceptors (Lipinski definition) is 3. The van der Waals surface area contributed by atoms with Gasteiger partial charge in [0.1, 0.15) is 0 Å². The smallest absolute Gasteiger partial charge is 0.175 e. The lowest BCUT2D eigenvalue weighted by atomic mass is 10.1. The van der Waals surface area contributed by atoms with Gasteiger partial charge in [0.15, 0.2) is 11.5 Å². The third-order valence-electron chi connectivity index (χ3n) is 3.87. The highest BCUT2D eigenvalue weighted by Gasteiger charge is 2.20. The molecule has 0 aromatic heterocycles. The van der Waals surface area contributed by atoms with Gasteiger partial charge in [0.2, 0.25) is 0 Å². The highest BCUT2D eigenvalue weighted by Crippen LogP contribution is 2.36. The number of halogens is 1. The van der Waals surface area contributed by atoms with E-state index in [4.69, 9.17) is 9.47 Å². The lowest BCUT2D eigenvalue weighted by Crippen LogP contribution is -2.25. The van der Waals surface area contributed by atoms with E-state index in [9.17, 15) is 0 Å². The number of nitrogens with one attached hydrogen (secondary N) is 1. The van der Waals surface area contributed by atoms with Gasteiger partial charge in [-0.25, -0.2) is 0 Å². The third kappa shape index (κ3) is 3.89. The van der Waals surface area contributed by atoms with Crippen LogP contribution in [-0.2, 0) is 6.54 Å². The van der Waals surface area contributed by atoms with Crippen LogP contribution in [0, 0.1) is 5.92 Å². The summed E-state index contributed by atoms with van der Waals surface area (Å²) in [6.07, 6.45) is 3.92. The van der Waals surface area contributed by atoms with E-state index in [-0.39, 0.29) is 0 Å².